The number of hydrogen-bond acceptors (Lipinski definition) is 4. The Bertz CT molecular complexity index is 947. The van der Waals surface area contributed by atoms with Gasteiger partial charge < -0.3 is 0 Å². The predicted molar refractivity (Wildman–Crippen MR) is 112 cm³/mol. The van der Waals surface area contributed by atoms with E-state index in [0.29, 0.717) is 0 Å². The van der Waals surface area contributed by atoms with E-state index in [2.05, 4.69) is 49.4 Å². The van der Waals surface area contributed by atoms with Crippen molar-refractivity contribution in [3.8, 4) is 0 Å². The monoisotopic (exact) mass is 376 g/mol. The lowest BCUT2D eigenvalue weighted by atomic mass is 9.99. The largest absolute Gasteiger partial charge is 0.280 e. The highest BCUT2D eigenvalue weighted by molar-refractivity contribution is 8.00. The number of aliphatic imine (C=N–C) groups is 1. The molecule has 2 aromatic carbocycles. The molecule has 0 aromatic heterocycles. The third-order valence-electron chi connectivity index (χ3n) is 4.90. The molecule has 0 N–H and O–H groups in total. The van der Waals surface area contributed by atoms with Crippen LogP contribution in [0.4, 0.5) is 5.69 Å². The second-order valence-electron chi connectivity index (χ2n) is 6.85. The zero-order valence-electron chi connectivity index (χ0n) is 15.0. The summed E-state index contributed by atoms with van der Waals surface area (Å²) in [6.07, 6.45) is 9.18. The van der Waals surface area contributed by atoms with Gasteiger partial charge in [-0.1, -0.05) is 66.3 Å². The topological polar surface area (TPSA) is 55.5 Å². The maximum Gasteiger partial charge on any atom is 0.269 e. The Hall–Kier alpha value is -2.66. The maximum atomic E-state index is 11.2. The fourth-order valence-corrected chi connectivity index (χ4v) is 4.87. The van der Waals surface area contributed by atoms with Crippen molar-refractivity contribution in [2.45, 2.75) is 29.9 Å². The zero-order chi connectivity index (χ0) is 18.8. The first-order chi connectivity index (χ1) is 13.1. The van der Waals surface area contributed by atoms with E-state index in [9.17, 15) is 10.1 Å². The SMILES string of the molecule is Cc1ccc(C2=N[C@H]3C=CC=C[C@@H]3S[C@@H](c3cccc([N+](=O)[O-])c3)C2)cc1. The van der Waals surface area contributed by atoms with Crippen molar-refractivity contribution < 1.29 is 4.92 Å². The third kappa shape index (κ3) is 3.88. The molecular weight excluding hydrogens is 356 g/mol. The van der Waals surface area contributed by atoms with E-state index in [0.717, 1.165) is 23.3 Å². The fraction of sp³-hybridized carbons (Fsp3) is 0.227. The predicted octanol–water partition coefficient (Wildman–Crippen LogP) is 5.43. The first-order valence-electron chi connectivity index (χ1n) is 8.99. The number of rotatable bonds is 3. The molecule has 0 bridgehead atoms. The van der Waals surface area contributed by atoms with Crippen LogP contribution >= 0.6 is 11.8 Å². The molecular formula is C22H20N2O2S. The molecule has 4 rings (SSSR count). The number of allylic oxidation sites excluding steroid dienone is 2. The Balaban J connectivity index is 1.73. The summed E-state index contributed by atoms with van der Waals surface area (Å²) in [6, 6.07) is 15.5. The molecule has 1 aliphatic heterocycles. The molecule has 0 saturated heterocycles. The molecule has 5 heteroatoms. The van der Waals surface area contributed by atoms with Crippen LogP contribution in [0, 0.1) is 17.0 Å². The van der Waals surface area contributed by atoms with Crippen molar-refractivity contribution in [1.82, 2.24) is 0 Å². The summed E-state index contributed by atoms with van der Waals surface area (Å²) in [5.74, 6) is 0. The number of aryl methyl sites for hydroxylation is 1. The van der Waals surface area contributed by atoms with Gasteiger partial charge in [-0.2, -0.15) is 0 Å². The number of benzene rings is 2. The van der Waals surface area contributed by atoms with Crippen LogP contribution < -0.4 is 0 Å². The van der Waals surface area contributed by atoms with Crippen LogP contribution in [0.3, 0.4) is 0 Å². The van der Waals surface area contributed by atoms with E-state index >= 15 is 0 Å². The van der Waals surface area contributed by atoms with Crippen molar-refractivity contribution in [2.75, 3.05) is 0 Å². The zero-order valence-corrected chi connectivity index (χ0v) is 15.8. The van der Waals surface area contributed by atoms with Gasteiger partial charge in [-0.15, -0.1) is 11.8 Å². The number of nitro benzene ring substituents is 1. The Kier molecular flexibility index (Phi) is 4.94. The molecule has 136 valence electrons. The molecule has 2 aromatic rings. The van der Waals surface area contributed by atoms with Crippen LogP contribution in [0.5, 0.6) is 0 Å². The van der Waals surface area contributed by atoms with Crippen LogP contribution in [0.2, 0.25) is 0 Å². The lowest BCUT2D eigenvalue weighted by molar-refractivity contribution is -0.384. The van der Waals surface area contributed by atoms with Crippen LogP contribution in [-0.2, 0) is 0 Å². The molecule has 1 aliphatic carbocycles. The number of non-ortho nitro benzene ring substituents is 1. The van der Waals surface area contributed by atoms with Gasteiger partial charge in [-0.05, 0) is 18.1 Å². The average molecular weight is 376 g/mol. The van der Waals surface area contributed by atoms with Gasteiger partial charge in [0.2, 0.25) is 0 Å². The molecule has 0 radical (unpaired) electrons. The number of nitro groups is 1. The summed E-state index contributed by atoms with van der Waals surface area (Å²) in [6.45, 7) is 2.07. The van der Waals surface area contributed by atoms with Gasteiger partial charge >= 0.3 is 0 Å². The molecule has 0 amide bonds. The molecule has 27 heavy (non-hydrogen) atoms. The first-order valence-corrected chi connectivity index (χ1v) is 9.93. The highest BCUT2D eigenvalue weighted by atomic mass is 32.2. The minimum atomic E-state index is -0.327. The Morgan fingerprint density at radius 3 is 2.67 bits per heavy atom. The molecule has 1 heterocycles. The van der Waals surface area contributed by atoms with E-state index < -0.39 is 0 Å². The van der Waals surface area contributed by atoms with Crippen LogP contribution in [0.15, 0.2) is 77.8 Å². The van der Waals surface area contributed by atoms with E-state index in [-0.39, 0.29) is 27.2 Å². The smallest absolute Gasteiger partial charge is 0.269 e. The highest BCUT2D eigenvalue weighted by Crippen LogP contribution is 2.42. The van der Waals surface area contributed by atoms with Gasteiger partial charge in [0.15, 0.2) is 0 Å². The van der Waals surface area contributed by atoms with Gasteiger partial charge in [0, 0.05) is 34.8 Å². The lowest BCUT2D eigenvalue weighted by Gasteiger charge is -2.22. The van der Waals surface area contributed by atoms with Gasteiger partial charge in [0.05, 0.1) is 11.0 Å². The van der Waals surface area contributed by atoms with Crippen molar-refractivity contribution in [1.29, 1.82) is 0 Å². The number of nitrogens with zero attached hydrogens (tertiary/aromatic N) is 2. The molecule has 0 unspecified atom stereocenters. The summed E-state index contributed by atoms with van der Waals surface area (Å²) >= 11 is 1.84. The van der Waals surface area contributed by atoms with Crippen LogP contribution in [0.1, 0.15) is 28.4 Å². The summed E-state index contributed by atoms with van der Waals surface area (Å²) < 4.78 is 0. The maximum absolute atomic E-state index is 11.2. The molecule has 4 nitrogen and oxygen atoms in total. The lowest BCUT2D eigenvalue weighted by Crippen LogP contribution is -2.19. The fourth-order valence-electron chi connectivity index (χ4n) is 3.44. The van der Waals surface area contributed by atoms with Gasteiger partial charge in [-0.3, -0.25) is 15.1 Å². The number of hydrogen-bond donors (Lipinski definition) is 0. The van der Waals surface area contributed by atoms with Crippen molar-refractivity contribution >= 4 is 23.2 Å². The molecule has 0 spiro atoms. The van der Waals surface area contributed by atoms with Crippen LogP contribution in [-0.4, -0.2) is 21.9 Å². The Labute approximate surface area is 162 Å². The molecule has 0 saturated carbocycles. The quantitative estimate of drug-likeness (QED) is 0.530. The van der Waals surface area contributed by atoms with Crippen molar-refractivity contribution in [2.24, 2.45) is 4.99 Å². The standard InChI is InChI=1S/C22H20N2O2S/c1-15-9-11-16(12-10-15)20-14-22(17-5-4-6-18(13-17)24(25)26)27-21-8-3-2-7-19(21)23-20/h2-13,19,21-22H,14H2,1H3/t19-,21-,22+/m0/s1. The van der Waals surface area contributed by atoms with E-state index in [4.69, 9.17) is 4.99 Å². The molecule has 0 fully saturated rings. The number of thioether (sulfide) groups is 1. The second-order valence-corrected chi connectivity index (χ2v) is 8.23. The minimum absolute atomic E-state index is 0.0972. The summed E-state index contributed by atoms with van der Waals surface area (Å²) in [5, 5.41) is 11.6. The third-order valence-corrected chi connectivity index (χ3v) is 6.42. The summed E-state index contributed by atoms with van der Waals surface area (Å²) in [5.41, 5.74) is 4.53. The molecule has 3 atom stereocenters. The van der Waals surface area contributed by atoms with Gasteiger partial charge in [0.25, 0.3) is 5.69 Å². The summed E-state index contributed by atoms with van der Waals surface area (Å²) in [4.78, 5) is 15.9. The minimum Gasteiger partial charge on any atom is -0.280 e. The Morgan fingerprint density at radius 1 is 1.11 bits per heavy atom. The highest BCUT2D eigenvalue weighted by Gasteiger charge is 2.30. The van der Waals surface area contributed by atoms with Crippen molar-refractivity contribution in [3.05, 3.63) is 99.6 Å². The van der Waals surface area contributed by atoms with Gasteiger partial charge in [0.1, 0.15) is 0 Å². The normalized spacial score (nSPS) is 24.0. The van der Waals surface area contributed by atoms with Crippen molar-refractivity contribution in [3.63, 3.8) is 0 Å². The van der Waals surface area contributed by atoms with E-state index in [1.807, 2.05) is 23.9 Å². The molecule has 2 aliphatic rings. The second kappa shape index (κ2) is 7.53. The Morgan fingerprint density at radius 2 is 1.89 bits per heavy atom. The van der Waals surface area contributed by atoms with Crippen LogP contribution in [0.25, 0.3) is 0 Å². The number of fused-ring (bicyclic) bond motifs is 1. The summed E-state index contributed by atoms with van der Waals surface area (Å²) in [7, 11) is 0. The van der Waals surface area contributed by atoms with E-state index in [1.54, 1.807) is 18.2 Å². The average Bonchev–Trinajstić information content (AvgIpc) is 2.88. The first kappa shape index (κ1) is 17.7. The van der Waals surface area contributed by atoms with Gasteiger partial charge in [-0.25, -0.2) is 0 Å². The van der Waals surface area contributed by atoms with E-state index in [1.165, 1.54) is 5.56 Å².